The fraction of sp³-hybridized carbons (Fsp3) is 0.737. The minimum absolute atomic E-state index is 0.0140. The highest BCUT2D eigenvalue weighted by atomic mass is 32.2. The molecule has 0 aliphatic carbocycles. The molecule has 2 atom stereocenters. The molecule has 10 nitrogen and oxygen atoms in total. The monoisotopic (exact) mass is 443 g/mol. The van der Waals surface area contributed by atoms with Gasteiger partial charge in [0.1, 0.15) is 0 Å². The third kappa shape index (κ3) is 5.79. The average molecular weight is 444 g/mol. The van der Waals surface area contributed by atoms with Crippen molar-refractivity contribution < 1.29 is 23.1 Å². The van der Waals surface area contributed by atoms with E-state index in [0.29, 0.717) is 26.1 Å². The maximum Gasteiger partial charge on any atom is 0.290 e. The lowest BCUT2D eigenvalue weighted by Gasteiger charge is -2.52. The van der Waals surface area contributed by atoms with Crippen LogP contribution in [0.15, 0.2) is 12.4 Å². The topological polar surface area (TPSA) is 125 Å². The number of hydrogen-bond donors (Lipinski definition) is 2. The number of likely N-dealkylation sites (N-methyl/N-ethyl adjacent to an activating group) is 1. The van der Waals surface area contributed by atoms with E-state index in [4.69, 9.17) is 9.90 Å². The first-order valence-corrected chi connectivity index (χ1v) is 12.0. The Bertz CT molecular complexity index is 827. The van der Waals surface area contributed by atoms with Gasteiger partial charge in [0.05, 0.1) is 23.9 Å². The number of sulfonamides is 1. The number of aromatic nitrogens is 2. The van der Waals surface area contributed by atoms with E-state index in [2.05, 4.69) is 15.3 Å². The van der Waals surface area contributed by atoms with Gasteiger partial charge in [-0.15, -0.1) is 0 Å². The van der Waals surface area contributed by atoms with Crippen LogP contribution in [0.5, 0.6) is 0 Å². The molecular formula is C19H33N5O5S. The Labute approximate surface area is 178 Å². The lowest BCUT2D eigenvalue weighted by molar-refractivity contribution is -0.141. The van der Waals surface area contributed by atoms with Crippen LogP contribution in [0.25, 0.3) is 0 Å². The number of nitrogens with zero attached hydrogens (tertiary/aromatic N) is 4. The van der Waals surface area contributed by atoms with Crippen molar-refractivity contribution >= 4 is 22.4 Å². The van der Waals surface area contributed by atoms with Gasteiger partial charge in [-0.25, -0.2) is 8.42 Å². The van der Waals surface area contributed by atoms with Crippen LogP contribution < -0.4 is 5.32 Å². The zero-order chi connectivity index (χ0) is 22.4. The Kier molecular flexibility index (Phi) is 8.39. The van der Waals surface area contributed by atoms with Crippen LogP contribution in [0, 0.1) is 5.41 Å². The predicted molar refractivity (Wildman–Crippen MR) is 112 cm³/mol. The molecule has 2 fully saturated rings. The van der Waals surface area contributed by atoms with E-state index in [1.807, 2.05) is 26.5 Å². The van der Waals surface area contributed by atoms with Gasteiger partial charge < -0.3 is 15.3 Å². The van der Waals surface area contributed by atoms with Crippen LogP contribution in [0.3, 0.4) is 0 Å². The van der Waals surface area contributed by atoms with Crippen molar-refractivity contribution in [3.63, 3.8) is 0 Å². The molecule has 0 unspecified atom stereocenters. The number of carbonyl (C=O) groups is 2. The van der Waals surface area contributed by atoms with E-state index < -0.39 is 15.4 Å². The molecule has 0 bridgehead atoms. The lowest BCUT2D eigenvalue weighted by Crippen LogP contribution is -2.66. The summed E-state index contributed by atoms with van der Waals surface area (Å²) in [6.45, 7) is 2.28. The summed E-state index contributed by atoms with van der Waals surface area (Å²) < 4.78 is 27.9. The van der Waals surface area contributed by atoms with Crippen molar-refractivity contribution in [2.75, 3.05) is 39.5 Å². The third-order valence-corrected chi connectivity index (χ3v) is 7.26. The molecule has 30 heavy (non-hydrogen) atoms. The second kappa shape index (κ2) is 10.4. The van der Waals surface area contributed by atoms with Crippen molar-refractivity contribution in [3.8, 4) is 0 Å². The van der Waals surface area contributed by atoms with E-state index in [0.717, 1.165) is 37.8 Å². The molecule has 0 saturated carbocycles. The van der Waals surface area contributed by atoms with Gasteiger partial charge in [0.25, 0.3) is 6.47 Å². The molecule has 3 rings (SSSR count). The van der Waals surface area contributed by atoms with Crippen LogP contribution in [-0.2, 0) is 33.1 Å². The Morgan fingerprint density at radius 1 is 1.37 bits per heavy atom. The van der Waals surface area contributed by atoms with E-state index in [1.54, 1.807) is 8.99 Å². The van der Waals surface area contributed by atoms with Crippen molar-refractivity contribution in [2.45, 2.75) is 38.1 Å². The van der Waals surface area contributed by atoms with Crippen LogP contribution in [0.1, 0.15) is 31.2 Å². The highest BCUT2D eigenvalue weighted by Crippen LogP contribution is 2.43. The highest BCUT2D eigenvalue weighted by Gasteiger charge is 2.54. The number of piperidine rings is 2. The quantitative estimate of drug-likeness (QED) is 0.465. The van der Waals surface area contributed by atoms with Gasteiger partial charge in [-0.1, -0.05) is 0 Å². The molecule has 2 N–H and O–H groups in total. The van der Waals surface area contributed by atoms with Gasteiger partial charge in [-0.3, -0.25) is 14.3 Å². The predicted octanol–water partition coefficient (Wildman–Crippen LogP) is -0.0844. The number of rotatable bonds is 6. The van der Waals surface area contributed by atoms with E-state index in [-0.39, 0.29) is 18.4 Å². The summed E-state index contributed by atoms with van der Waals surface area (Å²) >= 11 is 0. The zero-order valence-corrected chi connectivity index (χ0v) is 18.8. The molecule has 2 aliphatic heterocycles. The standard InChI is InChI=1S/C18H31N5O3S.CH2O2/c1-21-11-8-18(7-5-10-23(16(18)14-21)27(3,25)26)17(24)19-9-4-6-15-12-20-22(2)13-15;2-1-3/h12-13,16H,4-11,14H2,1-3H3,(H,19,24);1H,(H,2,3)/t16-,18+;/m0./s1. The van der Waals surface area contributed by atoms with Gasteiger partial charge >= 0.3 is 0 Å². The first-order valence-electron chi connectivity index (χ1n) is 10.1. The smallest absolute Gasteiger partial charge is 0.290 e. The zero-order valence-electron chi connectivity index (χ0n) is 18.0. The summed E-state index contributed by atoms with van der Waals surface area (Å²) in [5.74, 6) is 0.0140. The van der Waals surface area contributed by atoms with Gasteiger partial charge in [0.2, 0.25) is 15.9 Å². The second-order valence-corrected chi connectivity index (χ2v) is 10.1. The molecule has 1 aromatic heterocycles. The van der Waals surface area contributed by atoms with Crippen LogP contribution in [0.2, 0.25) is 0 Å². The molecular weight excluding hydrogens is 410 g/mol. The molecule has 0 spiro atoms. The van der Waals surface area contributed by atoms with Crippen molar-refractivity contribution in [3.05, 3.63) is 18.0 Å². The maximum absolute atomic E-state index is 13.2. The van der Waals surface area contributed by atoms with Gasteiger partial charge in [-0.2, -0.15) is 9.40 Å². The molecule has 2 aliphatic rings. The Morgan fingerprint density at radius 3 is 2.67 bits per heavy atom. The Hall–Kier alpha value is -1.98. The number of carbonyl (C=O) groups excluding carboxylic acids is 1. The molecule has 2 saturated heterocycles. The van der Waals surface area contributed by atoms with E-state index >= 15 is 0 Å². The second-order valence-electron chi connectivity index (χ2n) is 8.15. The maximum atomic E-state index is 13.2. The van der Waals surface area contributed by atoms with Gasteiger partial charge in [0.15, 0.2) is 0 Å². The largest absolute Gasteiger partial charge is 0.483 e. The molecule has 0 aromatic carbocycles. The highest BCUT2D eigenvalue weighted by molar-refractivity contribution is 7.88. The fourth-order valence-electron chi connectivity index (χ4n) is 4.53. The third-order valence-electron chi connectivity index (χ3n) is 5.98. The summed E-state index contributed by atoms with van der Waals surface area (Å²) in [5.41, 5.74) is 0.547. The molecule has 170 valence electrons. The summed E-state index contributed by atoms with van der Waals surface area (Å²) in [4.78, 5) is 23.7. The number of likely N-dealkylation sites (tertiary alicyclic amines) is 1. The van der Waals surface area contributed by atoms with Crippen molar-refractivity contribution in [1.82, 2.24) is 24.3 Å². The van der Waals surface area contributed by atoms with E-state index in [1.165, 1.54) is 6.26 Å². The molecule has 1 amide bonds. The van der Waals surface area contributed by atoms with Crippen LogP contribution >= 0.6 is 0 Å². The van der Waals surface area contributed by atoms with Gasteiger partial charge in [-0.05, 0) is 51.3 Å². The number of amides is 1. The van der Waals surface area contributed by atoms with Crippen LogP contribution in [-0.4, -0.2) is 90.4 Å². The normalized spacial score (nSPS) is 25.0. The molecule has 0 radical (unpaired) electrons. The lowest BCUT2D eigenvalue weighted by atomic mass is 9.68. The minimum atomic E-state index is -3.33. The van der Waals surface area contributed by atoms with Crippen molar-refractivity contribution in [2.24, 2.45) is 12.5 Å². The number of nitrogens with one attached hydrogen (secondary N) is 1. The molecule has 3 heterocycles. The SMILES string of the molecule is CN1CC[C@]2(C(=O)NCCCc3cnn(C)c3)CCCN(S(C)(=O)=O)[C@H]2C1.O=CO. The number of aryl methyl sites for hydroxylation is 2. The van der Waals surface area contributed by atoms with Crippen molar-refractivity contribution in [1.29, 1.82) is 0 Å². The molecule has 11 heteroatoms. The Morgan fingerprint density at radius 2 is 2.07 bits per heavy atom. The first-order chi connectivity index (χ1) is 14.1. The first kappa shape index (κ1) is 24.3. The summed E-state index contributed by atoms with van der Waals surface area (Å²) in [6.07, 6.45) is 8.98. The Balaban J connectivity index is 0.00000101. The molecule has 1 aromatic rings. The fourth-order valence-corrected chi connectivity index (χ4v) is 5.72. The summed E-state index contributed by atoms with van der Waals surface area (Å²) in [5, 5.41) is 14.1. The summed E-state index contributed by atoms with van der Waals surface area (Å²) in [7, 11) is 0.548. The van der Waals surface area contributed by atoms with E-state index in [9.17, 15) is 13.2 Å². The summed E-state index contributed by atoms with van der Waals surface area (Å²) in [6, 6.07) is -0.279. The number of carboxylic acid groups (broad SMARTS) is 1. The minimum Gasteiger partial charge on any atom is -0.483 e. The average Bonchev–Trinajstić information content (AvgIpc) is 3.09. The number of hydrogen-bond acceptors (Lipinski definition) is 6. The van der Waals surface area contributed by atoms with Crippen LogP contribution in [0.4, 0.5) is 0 Å². The van der Waals surface area contributed by atoms with Gasteiger partial charge in [0, 0.05) is 32.9 Å². The number of fused-ring (bicyclic) bond motifs is 1.